The Balaban J connectivity index is 1.73. The zero-order valence-electron chi connectivity index (χ0n) is 17.3. The average molecular weight is 415 g/mol. The molecule has 0 saturated heterocycles. The zero-order valence-corrected chi connectivity index (χ0v) is 17.3. The second-order valence-electron chi connectivity index (χ2n) is 6.84. The highest BCUT2D eigenvalue weighted by atomic mass is 16.2. The van der Waals surface area contributed by atoms with Gasteiger partial charge in [0.15, 0.2) is 5.82 Å². The van der Waals surface area contributed by atoms with Crippen molar-refractivity contribution in [2.24, 2.45) is 5.10 Å². The van der Waals surface area contributed by atoms with E-state index in [2.05, 4.69) is 25.8 Å². The van der Waals surface area contributed by atoms with Crippen LogP contribution in [0.4, 0.5) is 28.8 Å². The van der Waals surface area contributed by atoms with E-state index in [4.69, 9.17) is 0 Å². The van der Waals surface area contributed by atoms with Gasteiger partial charge in [-0.25, -0.2) is 10.4 Å². The molecule has 0 atom stereocenters. The Morgan fingerprint density at radius 3 is 2.58 bits per heavy atom. The van der Waals surface area contributed by atoms with E-state index < -0.39 is 0 Å². The molecule has 0 fully saturated rings. The third-order valence-corrected chi connectivity index (χ3v) is 4.94. The van der Waals surface area contributed by atoms with Gasteiger partial charge in [-0.3, -0.25) is 9.59 Å². The number of amides is 2. The summed E-state index contributed by atoms with van der Waals surface area (Å²) in [5.41, 5.74) is 5.31. The molecular weight excluding hydrogens is 394 g/mol. The maximum Gasteiger partial charge on any atom is 0.273 e. The van der Waals surface area contributed by atoms with E-state index in [1.807, 2.05) is 30.1 Å². The number of carbonyl (C=O) groups is 2. The molecule has 1 aliphatic rings. The summed E-state index contributed by atoms with van der Waals surface area (Å²) in [6, 6.07) is 14.4. The van der Waals surface area contributed by atoms with Crippen LogP contribution in [0.2, 0.25) is 0 Å². The number of hydrazone groups is 1. The van der Waals surface area contributed by atoms with Crippen LogP contribution in [0, 0.1) is 0 Å². The Morgan fingerprint density at radius 2 is 1.77 bits per heavy atom. The van der Waals surface area contributed by atoms with Gasteiger partial charge < -0.3 is 15.1 Å². The summed E-state index contributed by atoms with van der Waals surface area (Å²) in [6.45, 7) is 1.71. The van der Waals surface area contributed by atoms with E-state index in [1.165, 1.54) is 11.1 Å². The highest BCUT2D eigenvalue weighted by Gasteiger charge is 2.28. The van der Waals surface area contributed by atoms with E-state index in [1.54, 1.807) is 50.5 Å². The van der Waals surface area contributed by atoms with Crippen molar-refractivity contribution in [3.05, 3.63) is 65.9 Å². The van der Waals surface area contributed by atoms with Gasteiger partial charge in [0.2, 0.25) is 5.95 Å². The molecule has 4 rings (SSSR count). The first-order valence-corrected chi connectivity index (χ1v) is 9.63. The lowest BCUT2D eigenvalue weighted by Gasteiger charge is -2.21. The van der Waals surface area contributed by atoms with Crippen molar-refractivity contribution in [3.8, 4) is 0 Å². The Bertz CT molecular complexity index is 1190. The van der Waals surface area contributed by atoms with Gasteiger partial charge in [0, 0.05) is 20.3 Å². The van der Waals surface area contributed by atoms with Crippen molar-refractivity contribution in [1.82, 2.24) is 15.4 Å². The van der Waals surface area contributed by atoms with Gasteiger partial charge in [-0.05, 0) is 31.2 Å². The largest absolute Gasteiger partial charge is 0.327 e. The lowest BCUT2D eigenvalue weighted by molar-refractivity contribution is 0.0954. The minimum absolute atomic E-state index is 0.135. The van der Waals surface area contributed by atoms with Crippen molar-refractivity contribution in [3.63, 3.8) is 0 Å². The predicted octanol–water partition coefficient (Wildman–Crippen LogP) is 3.31. The molecule has 0 aliphatic carbocycles. The maximum atomic E-state index is 12.9. The normalized spacial score (nSPS) is 12.9. The fourth-order valence-corrected chi connectivity index (χ4v) is 3.36. The number of carbonyl (C=O) groups excluding carboxylic acids is 2. The minimum atomic E-state index is -0.354. The topological polar surface area (TPSA) is 103 Å². The fourth-order valence-electron chi connectivity index (χ4n) is 3.36. The van der Waals surface area contributed by atoms with Crippen LogP contribution in [0.1, 0.15) is 27.6 Å². The highest BCUT2D eigenvalue weighted by Crippen LogP contribution is 2.38. The number of benzene rings is 2. The molecule has 3 aromatic rings. The van der Waals surface area contributed by atoms with Crippen molar-refractivity contribution in [2.45, 2.75) is 6.92 Å². The number of fused-ring (bicyclic) bond motifs is 2. The first kappa shape index (κ1) is 20.0. The van der Waals surface area contributed by atoms with Gasteiger partial charge in [0.1, 0.15) is 5.69 Å². The van der Waals surface area contributed by atoms with E-state index in [-0.39, 0.29) is 11.8 Å². The van der Waals surface area contributed by atoms with E-state index >= 15 is 0 Å². The molecule has 9 heteroatoms. The number of anilines is 5. The molecule has 0 bridgehead atoms. The number of nitrogens with zero attached hydrogens (tertiary/aromatic N) is 5. The van der Waals surface area contributed by atoms with Crippen LogP contribution in [-0.2, 0) is 0 Å². The molecule has 2 heterocycles. The van der Waals surface area contributed by atoms with E-state index in [0.717, 1.165) is 5.69 Å². The molecule has 2 N–H and O–H groups in total. The zero-order chi connectivity index (χ0) is 22.0. The van der Waals surface area contributed by atoms with Crippen molar-refractivity contribution in [2.75, 3.05) is 29.2 Å². The molecule has 0 saturated carbocycles. The lowest BCUT2D eigenvalue weighted by Crippen LogP contribution is -2.25. The van der Waals surface area contributed by atoms with Gasteiger partial charge in [0.25, 0.3) is 11.8 Å². The number of aromatic nitrogens is 2. The molecule has 156 valence electrons. The van der Waals surface area contributed by atoms with Gasteiger partial charge in [0.05, 0.1) is 28.7 Å². The van der Waals surface area contributed by atoms with Crippen LogP contribution in [0.15, 0.2) is 59.8 Å². The third kappa shape index (κ3) is 3.68. The Kier molecular flexibility index (Phi) is 5.31. The number of hydrogen-bond donors (Lipinski definition) is 2. The van der Waals surface area contributed by atoms with Crippen LogP contribution < -0.4 is 20.5 Å². The molecule has 2 aromatic carbocycles. The summed E-state index contributed by atoms with van der Waals surface area (Å²) in [5, 5.41) is 6.89. The van der Waals surface area contributed by atoms with Crippen molar-refractivity contribution in [1.29, 1.82) is 0 Å². The highest BCUT2D eigenvalue weighted by molar-refractivity contribution is 6.13. The smallest absolute Gasteiger partial charge is 0.273 e. The number of nitrogens with one attached hydrogen (secondary N) is 2. The monoisotopic (exact) mass is 415 g/mol. The summed E-state index contributed by atoms with van der Waals surface area (Å²) >= 11 is 0. The molecule has 1 aliphatic heterocycles. The van der Waals surface area contributed by atoms with Crippen LogP contribution >= 0.6 is 0 Å². The van der Waals surface area contributed by atoms with Gasteiger partial charge >= 0.3 is 0 Å². The molecule has 0 spiro atoms. The standard InChI is InChI=1S/C22H21N7O2/c1-4-24-27-20(30)14-9-5-7-11-16(14)25-22-23-13-18-19(26-22)28(2)17-12-8-6-10-15(17)21(31)29(18)3/h4-13H,1-3H3,(H,27,30)(H,23,25,26). The van der Waals surface area contributed by atoms with Crippen molar-refractivity contribution >= 4 is 46.9 Å². The molecule has 1 aromatic heterocycles. The quantitative estimate of drug-likeness (QED) is 0.501. The molecule has 9 nitrogen and oxygen atoms in total. The number of rotatable bonds is 4. The second-order valence-corrected chi connectivity index (χ2v) is 6.84. The molecule has 31 heavy (non-hydrogen) atoms. The average Bonchev–Trinajstić information content (AvgIpc) is 2.88. The molecule has 0 radical (unpaired) electrons. The second kappa shape index (κ2) is 8.23. The van der Waals surface area contributed by atoms with Crippen molar-refractivity contribution < 1.29 is 9.59 Å². The summed E-state index contributed by atoms with van der Waals surface area (Å²) in [7, 11) is 3.55. The Morgan fingerprint density at radius 1 is 1.03 bits per heavy atom. The first-order valence-electron chi connectivity index (χ1n) is 9.63. The van der Waals surface area contributed by atoms with Crippen LogP contribution in [0.25, 0.3) is 0 Å². The van der Waals surface area contributed by atoms with E-state index in [9.17, 15) is 9.59 Å². The molecular formula is C22H21N7O2. The third-order valence-electron chi connectivity index (χ3n) is 4.94. The Hall–Kier alpha value is -4.27. The lowest BCUT2D eigenvalue weighted by atomic mass is 10.1. The maximum absolute atomic E-state index is 12.9. The summed E-state index contributed by atoms with van der Waals surface area (Å²) in [6.07, 6.45) is 3.09. The SMILES string of the molecule is CC=NNC(=O)c1ccccc1Nc1ncc2c(n1)N(C)c1ccccc1C(=O)N2C. The fraction of sp³-hybridized carbons (Fsp3) is 0.136. The van der Waals surface area contributed by atoms with Crippen LogP contribution in [0.3, 0.4) is 0 Å². The summed E-state index contributed by atoms with van der Waals surface area (Å²) in [5.74, 6) is 0.372. The predicted molar refractivity (Wildman–Crippen MR) is 121 cm³/mol. The summed E-state index contributed by atoms with van der Waals surface area (Å²) < 4.78 is 0. The number of hydrogen-bond acceptors (Lipinski definition) is 7. The van der Waals surface area contributed by atoms with Gasteiger partial charge in [-0.15, -0.1) is 0 Å². The first-order chi connectivity index (χ1) is 15.0. The summed E-state index contributed by atoms with van der Waals surface area (Å²) in [4.78, 5) is 37.7. The van der Waals surface area contributed by atoms with Crippen LogP contribution in [-0.4, -0.2) is 42.1 Å². The van der Waals surface area contributed by atoms with E-state index in [0.29, 0.717) is 34.3 Å². The number of para-hydroxylation sites is 2. The van der Waals surface area contributed by atoms with Gasteiger partial charge in [-0.1, -0.05) is 24.3 Å². The van der Waals surface area contributed by atoms with Gasteiger partial charge in [-0.2, -0.15) is 10.1 Å². The minimum Gasteiger partial charge on any atom is -0.327 e. The molecule has 2 amide bonds. The van der Waals surface area contributed by atoms with Crippen LogP contribution in [0.5, 0.6) is 0 Å². The Labute approximate surface area is 179 Å². The molecule has 0 unspecified atom stereocenters.